The molecule has 0 aromatic heterocycles. The number of amides is 1. The van der Waals surface area contributed by atoms with Crippen LogP contribution in [0.15, 0.2) is 18.2 Å². The van der Waals surface area contributed by atoms with Crippen molar-refractivity contribution >= 4 is 34.4 Å². The van der Waals surface area contributed by atoms with Crippen LogP contribution in [0.3, 0.4) is 0 Å². The average Bonchev–Trinajstić information content (AvgIpc) is 2.43. The average molecular weight is 392 g/mol. The van der Waals surface area contributed by atoms with E-state index < -0.39 is 0 Å². The number of anilines is 1. The summed E-state index contributed by atoms with van der Waals surface area (Å²) in [5, 5.41) is 3.41. The van der Waals surface area contributed by atoms with Crippen molar-refractivity contribution in [1.29, 1.82) is 0 Å². The fourth-order valence-electron chi connectivity index (χ4n) is 2.25. The van der Waals surface area contributed by atoms with Gasteiger partial charge in [-0.15, -0.1) is 0 Å². The number of nitrogens with zero attached hydrogens (tertiary/aromatic N) is 1. The lowest BCUT2D eigenvalue weighted by Gasteiger charge is -2.32. The number of nitrogens with one attached hydrogen (secondary N) is 1. The number of piperidine rings is 1. The highest BCUT2D eigenvalue weighted by atomic mass is 127. The Balaban J connectivity index is 1.86. The van der Waals surface area contributed by atoms with E-state index in [2.05, 4.69) is 27.9 Å². The van der Waals surface area contributed by atoms with E-state index in [0.29, 0.717) is 25.7 Å². The number of ether oxygens (including phenoxy) is 1. The molecular formula is C14H18FIN2O2. The highest BCUT2D eigenvalue weighted by Crippen LogP contribution is 2.23. The highest BCUT2D eigenvalue weighted by molar-refractivity contribution is 14.1. The van der Waals surface area contributed by atoms with Crippen LogP contribution in [0.4, 0.5) is 14.9 Å². The molecule has 1 amide bonds. The van der Waals surface area contributed by atoms with Crippen molar-refractivity contribution in [2.75, 3.05) is 25.0 Å². The van der Waals surface area contributed by atoms with Gasteiger partial charge in [0.15, 0.2) is 0 Å². The Morgan fingerprint density at radius 3 is 2.80 bits per heavy atom. The second-order valence-electron chi connectivity index (χ2n) is 4.73. The third kappa shape index (κ3) is 3.97. The molecule has 2 rings (SSSR count). The Kier molecular flexibility index (Phi) is 5.45. The minimum atomic E-state index is -0.234. The predicted molar refractivity (Wildman–Crippen MR) is 84.4 cm³/mol. The first-order valence-electron chi connectivity index (χ1n) is 6.73. The Hall–Kier alpha value is -1.05. The molecule has 1 saturated heterocycles. The fourth-order valence-corrected chi connectivity index (χ4v) is 2.88. The van der Waals surface area contributed by atoms with Gasteiger partial charge in [0.05, 0.1) is 6.61 Å². The molecule has 6 heteroatoms. The maximum absolute atomic E-state index is 13.0. The minimum absolute atomic E-state index is 0.225. The zero-order valence-electron chi connectivity index (χ0n) is 11.4. The van der Waals surface area contributed by atoms with E-state index in [9.17, 15) is 9.18 Å². The number of benzene rings is 1. The number of carbonyl (C=O) groups excluding carboxylic acids is 1. The Bertz CT molecular complexity index is 476. The molecule has 4 nitrogen and oxygen atoms in total. The normalized spacial score (nSPS) is 16.1. The molecule has 0 saturated carbocycles. The fraction of sp³-hybridized carbons (Fsp3) is 0.500. The van der Waals surface area contributed by atoms with E-state index in [1.807, 2.05) is 6.92 Å². The highest BCUT2D eigenvalue weighted by Gasteiger charge is 2.23. The summed E-state index contributed by atoms with van der Waals surface area (Å²) in [7, 11) is 0. The molecule has 1 fully saturated rings. The molecule has 1 N–H and O–H groups in total. The van der Waals surface area contributed by atoms with E-state index in [0.717, 1.165) is 22.1 Å². The van der Waals surface area contributed by atoms with Crippen LogP contribution in [-0.2, 0) is 4.74 Å². The second-order valence-corrected chi connectivity index (χ2v) is 5.89. The third-order valence-corrected chi connectivity index (χ3v) is 4.20. The predicted octanol–water partition coefficient (Wildman–Crippen LogP) is 3.46. The van der Waals surface area contributed by atoms with E-state index in [-0.39, 0.29) is 11.9 Å². The van der Waals surface area contributed by atoms with Crippen molar-refractivity contribution in [3.05, 3.63) is 27.6 Å². The van der Waals surface area contributed by atoms with E-state index in [4.69, 9.17) is 4.74 Å². The van der Waals surface area contributed by atoms with Crippen molar-refractivity contribution in [3.63, 3.8) is 0 Å². The molecule has 0 bridgehead atoms. The number of carbonyl (C=O) groups is 1. The van der Waals surface area contributed by atoms with Gasteiger partial charge in [-0.2, -0.15) is 0 Å². The monoisotopic (exact) mass is 392 g/mol. The molecule has 1 aliphatic heterocycles. The number of hydrogen-bond donors (Lipinski definition) is 1. The van der Waals surface area contributed by atoms with E-state index in [1.165, 1.54) is 12.1 Å². The van der Waals surface area contributed by atoms with Crippen molar-refractivity contribution in [1.82, 2.24) is 4.90 Å². The smallest absolute Gasteiger partial charge is 0.409 e. The second kappa shape index (κ2) is 7.10. The standard InChI is InChI=1S/C14H18FIN2O2/c1-2-20-14(19)18-7-5-11(6-8-18)17-13-4-3-10(15)9-12(13)16/h3-4,9,11,17H,2,5-8H2,1H3. The lowest BCUT2D eigenvalue weighted by atomic mass is 10.1. The van der Waals surface area contributed by atoms with E-state index >= 15 is 0 Å². The van der Waals surface area contributed by atoms with Crippen LogP contribution in [0.2, 0.25) is 0 Å². The summed E-state index contributed by atoms with van der Waals surface area (Å²) < 4.78 is 18.9. The first-order chi connectivity index (χ1) is 9.60. The Labute approximate surface area is 131 Å². The lowest BCUT2D eigenvalue weighted by molar-refractivity contribution is 0.0983. The number of hydrogen-bond acceptors (Lipinski definition) is 3. The maximum Gasteiger partial charge on any atom is 0.409 e. The summed E-state index contributed by atoms with van der Waals surface area (Å²) in [6.45, 7) is 3.59. The van der Waals surface area contributed by atoms with Gasteiger partial charge in [0, 0.05) is 28.4 Å². The minimum Gasteiger partial charge on any atom is -0.450 e. The maximum atomic E-state index is 13.0. The molecule has 110 valence electrons. The van der Waals surface area contributed by atoms with Crippen LogP contribution in [-0.4, -0.2) is 36.7 Å². The SMILES string of the molecule is CCOC(=O)N1CCC(Nc2ccc(F)cc2I)CC1. The van der Waals surface area contributed by atoms with Crippen LogP contribution in [0, 0.1) is 9.39 Å². The molecule has 0 unspecified atom stereocenters. The first-order valence-corrected chi connectivity index (χ1v) is 7.81. The van der Waals surface area contributed by atoms with Gasteiger partial charge >= 0.3 is 6.09 Å². The molecule has 0 spiro atoms. The van der Waals surface area contributed by atoms with Gasteiger partial charge in [0.25, 0.3) is 0 Å². The topological polar surface area (TPSA) is 41.6 Å². The zero-order valence-corrected chi connectivity index (χ0v) is 13.5. The summed E-state index contributed by atoms with van der Waals surface area (Å²) in [6.07, 6.45) is 1.50. The van der Waals surface area contributed by atoms with Crippen LogP contribution < -0.4 is 5.32 Å². The van der Waals surface area contributed by atoms with Gasteiger partial charge in [-0.1, -0.05) is 0 Å². The summed E-state index contributed by atoms with van der Waals surface area (Å²) in [5.74, 6) is -0.225. The van der Waals surface area contributed by atoms with Crippen LogP contribution in [0.5, 0.6) is 0 Å². The molecule has 0 aliphatic carbocycles. The Morgan fingerprint density at radius 1 is 1.50 bits per heavy atom. The molecule has 1 aromatic carbocycles. The Morgan fingerprint density at radius 2 is 2.20 bits per heavy atom. The molecule has 1 aromatic rings. The lowest BCUT2D eigenvalue weighted by Crippen LogP contribution is -2.42. The molecule has 1 aliphatic rings. The van der Waals surface area contributed by atoms with Gasteiger partial charge in [-0.3, -0.25) is 0 Å². The summed E-state index contributed by atoms with van der Waals surface area (Å²) in [5.41, 5.74) is 0.946. The van der Waals surface area contributed by atoms with Gasteiger partial charge in [-0.05, 0) is 60.6 Å². The van der Waals surface area contributed by atoms with E-state index in [1.54, 1.807) is 11.0 Å². The molecular weight excluding hydrogens is 374 g/mol. The van der Waals surface area contributed by atoms with Gasteiger partial charge < -0.3 is 15.0 Å². The quantitative estimate of drug-likeness (QED) is 0.802. The van der Waals surface area contributed by atoms with Gasteiger partial charge in [0.2, 0.25) is 0 Å². The number of halogens is 2. The summed E-state index contributed by atoms with van der Waals surface area (Å²) >= 11 is 2.12. The molecule has 1 heterocycles. The summed E-state index contributed by atoms with van der Waals surface area (Å²) in [6, 6.07) is 5.03. The van der Waals surface area contributed by atoms with Crippen molar-refractivity contribution < 1.29 is 13.9 Å². The molecule has 0 radical (unpaired) electrons. The van der Waals surface area contributed by atoms with Crippen molar-refractivity contribution in [2.45, 2.75) is 25.8 Å². The van der Waals surface area contributed by atoms with Crippen LogP contribution in [0.25, 0.3) is 0 Å². The van der Waals surface area contributed by atoms with Crippen LogP contribution in [0.1, 0.15) is 19.8 Å². The van der Waals surface area contributed by atoms with Gasteiger partial charge in [0.1, 0.15) is 5.82 Å². The largest absolute Gasteiger partial charge is 0.450 e. The number of rotatable bonds is 3. The molecule has 0 atom stereocenters. The van der Waals surface area contributed by atoms with Crippen molar-refractivity contribution in [2.24, 2.45) is 0 Å². The summed E-state index contributed by atoms with van der Waals surface area (Å²) in [4.78, 5) is 13.3. The molecule has 20 heavy (non-hydrogen) atoms. The number of likely N-dealkylation sites (tertiary alicyclic amines) is 1. The first kappa shape index (κ1) is 15.3. The third-order valence-electron chi connectivity index (χ3n) is 3.31. The van der Waals surface area contributed by atoms with Gasteiger partial charge in [-0.25, -0.2) is 9.18 Å². The van der Waals surface area contributed by atoms with Crippen LogP contribution >= 0.6 is 22.6 Å². The zero-order chi connectivity index (χ0) is 14.5. The van der Waals surface area contributed by atoms with Crippen molar-refractivity contribution in [3.8, 4) is 0 Å².